The maximum atomic E-state index is 12.9. The molecule has 2 atom stereocenters. The van der Waals surface area contributed by atoms with Crippen LogP contribution >= 0.6 is 7.60 Å². The van der Waals surface area contributed by atoms with Gasteiger partial charge in [0.15, 0.2) is 11.9 Å². The lowest BCUT2D eigenvalue weighted by Crippen LogP contribution is -2.18. The fourth-order valence-corrected chi connectivity index (χ4v) is 3.64. The maximum absolute atomic E-state index is 12.9. The van der Waals surface area contributed by atoms with Gasteiger partial charge in [0.2, 0.25) is 0 Å². The van der Waals surface area contributed by atoms with Gasteiger partial charge in [0.25, 0.3) is 0 Å². The molecule has 0 amide bonds. The molecule has 0 heterocycles. The fraction of sp³-hybridized carbons (Fsp3) is 0.0500. The second-order valence-electron chi connectivity index (χ2n) is 5.48. The lowest BCUT2D eigenvalue weighted by Gasteiger charge is -2.21. The monoisotopic (exact) mass is 352 g/mol. The van der Waals surface area contributed by atoms with E-state index in [0.717, 1.165) is 0 Å². The lowest BCUT2D eigenvalue weighted by atomic mass is 10.0. The quantitative estimate of drug-likeness (QED) is 0.535. The summed E-state index contributed by atoms with van der Waals surface area (Å²) in [6, 6.07) is 25.4. The van der Waals surface area contributed by atoms with Gasteiger partial charge in [0, 0.05) is 5.56 Å². The first-order valence-electron chi connectivity index (χ1n) is 7.79. The Kier molecular flexibility index (Phi) is 5.25. The molecule has 0 fully saturated rings. The molecule has 4 nitrogen and oxygen atoms in total. The minimum absolute atomic E-state index is 0.150. The molecule has 0 saturated carbocycles. The Bertz CT molecular complexity index is 879. The summed E-state index contributed by atoms with van der Waals surface area (Å²) in [7, 11) is -4.16. The number of benzene rings is 3. The fourth-order valence-electron chi connectivity index (χ4n) is 2.46. The summed E-state index contributed by atoms with van der Waals surface area (Å²) in [5, 5.41) is 0.150. The second kappa shape index (κ2) is 7.58. The Morgan fingerprint density at radius 3 is 1.84 bits per heavy atom. The maximum Gasteiger partial charge on any atom is 0.359 e. The van der Waals surface area contributed by atoms with Crippen LogP contribution in [0.3, 0.4) is 0 Å². The zero-order valence-electron chi connectivity index (χ0n) is 13.4. The molecule has 0 aliphatic carbocycles. The van der Waals surface area contributed by atoms with Crippen molar-refractivity contribution in [2.24, 2.45) is 0 Å². The highest BCUT2D eigenvalue weighted by Crippen LogP contribution is 2.46. The number of hydrogen-bond acceptors (Lipinski definition) is 3. The van der Waals surface area contributed by atoms with Crippen LogP contribution in [0.5, 0.6) is 0 Å². The van der Waals surface area contributed by atoms with Crippen molar-refractivity contribution in [3.63, 3.8) is 0 Å². The molecule has 0 saturated heterocycles. The number of hydrogen-bond donors (Lipinski definition) is 1. The van der Waals surface area contributed by atoms with E-state index in [9.17, 15) is 14.3 Å². The Hall–Kier alpha value is -2.52. The van der Waals surface area contributed by atoms with Gasteiger partial charge >= 0.3 is 7.60 Å². The lowest BCUT2D eigenvalue weighted by molar-refractivity contribution is 0.0774. The summed E-state index contributed by atoms with van der Waals surface area (Å²) in [6.07, 6.45) is -1.17. The molecular formula is C20H17O4P. The van der Waals surface area contributed by atoms with E-state index in [1.54, 1.807) is 72.8 Å². The van der Waals surface area contributed by atoms with Crippen LogP contribution < -0.4 is 5.30 Å². The topological polar surface area (TPSA) is 63.6 Å². The molecule has 25 heavy (non-hydrogen) atoms. The first kappa shape index (κ1) is 17.3. The Balaban J connectivity index is 1.98. The van der Waals surface area contributed by atoms with E-state index in [4.69, 9.17) is 4.52 Å². The van der Waals surface area contributed by atoms with Gasteiger partial charge in [-0.25, -0.2) is 0 Å². The predicted octanol–water partition coefficient (Wildman–Crippen LogP) is 4.14. The van der Waals surface area contributed by atoms with Gasteiger partial charge in [-0.1, -0.05) is 78.9 Å². The SMILES string of the molecule is O=C(c1ccccc1)C(OP(=O)(O)c1ccccc1)c1ccccc1. The normalized spacial score (nSPS) is 14.4. The summed E-state index contributed by atoms with van der Waals surface area (Å²) in [5.74, 6) is -0.364. The molecule has 3 rings (SSSR count). The van der Waals surface area contributed by atoms with E-state index >= 15 is 0 Å². The van der Waals surface area contributed by atoms with Crippen molar-refractivity contribution >= 4 is 18.7 Å². The Labute approximate surface area is 146 Å². The number of ketones is 1. The first-order valence-corrected chi connectivity index (χ1v) is 9.37. The first-order chi connectivity index (χ1) is 12.1. The van der Waals surface area contributed by atoms with Gasteiger partial charge in [-0.3, -0.25) is 13.9 Å². The summed E-state index contributed by atoms with van der Waals surface area (Å²) in [4.78, 5) is 23.3. The van der Waals surface area contributed by atoms with E-state index in [0.29, 0.717) is 11.1 Å². The molecule has 0 aliphatic heterocycles. The van der Waals surface area contributed by atoms with Gasteiger partial charge in [0.1, 0.15) is 0 Å². The van der Waals surface area contributed by atoms with Gasteiger partial charge in [0.05, 0.1) is 5.30 Å². The summed E-state index contributed by atoms with van der Waals surface area (Å²) < 4.78 is 18.2. The standard InChI is InChI=1S/C20H17O4P/c21-19(16-10-4-1-5-11-16)20(17-12-6-2-7-13-17)24-25(22,23)18-14-8-3-9-15-18/h1-15,20H,(H,22,23). The summed E-state index contributed by atoms with van der Waals surface area (Å²) in [5.41, 5.74) is 0.950. The van der Waals surface area contributed by atoms with E-state index in [1.807, 2.05) is 6.07 Å². The molecule has 0 aliphatic rings. The molecule has 5 heteroatoms. The third-order valence-electron chi connectivity index (χ3n) is 3.73. The molecular weight excluding hydrogens is 335 g/mol. The molecule has 0 radical (unpaired) electrons. The van der Waals surface area contributed by atoms with Crippen molar-refractivity contribution in [1.82, 2.24) is 0 Å². The molecule has 0 bridgehead atoms. The van der Waals surface area contributed by atoms with E-state index < -0.39 is 13.7 Å². The highest BCUT2D eigenvalue weighted by molar-refractivity contribution is 7.61. The smallest absolute Gasteiger partial charge is 0.321 e. The minimum atomic E-state index is -4.16. The molecule has 3 aromatic carbocycles. The molecule has 2 unspecified atom stereocenters. The third-order valence-corrected chi connectivity index (χ3v) is 5.18. The predicted molar refractivity (Wildman–Crippen MR) is 96.9 cm³/mol. The van der Waals surface area contributed by atoms with Crippen LogP contribution in [0, 0.1) is 0 Å². The molecule has 1 N–H and O–H groups in total. The van der Waals surface area contributed by atoms with Gasteiger partial charge in [-0.15, -0.1) is 0 Å². The van der Waals surface area contributed by atoms with E-state index in [1.165, 1.54) is 12.1 Å². The number of carbonyl (C=O) groups excluding carboxylic acids is 1. The van der Waals surface area contributed by atoms with Crippen molar-refractivity contribution in [1.29, 1.82) is 0 Å². The van der Waals surface area contributed by atoms with Crippen molar-refractivity contribution < 1.29 is 18.8 Å². The summed E-state index contributed by atoms with van der Waals surface area (Å²) in [6.45, 7) is 0. The van der Waals surface area contributed by atoms with Crippen molar-refractivity contribution in [3.05, 3.63) is 102 Å². The zero-order valence-corrected chi connectivity index (χ0v) is 14.3. The van der Waals surface area contributed by atoms with Gasteiger partial charge in [-0.2, -0.15) is 0 Å². The number of rotatable bonds is 6. The zero-order chi connectivity index (χ0) is 17.7. The minimum Gasteiger partial charge on any atom is -0.321 e. The van der Waals surface area contributed by atoms with Crippen LogP contribution in [-0.2, 0) is 9.09 Å². The largest absolute Gasteiger partial charge is 0.359 e. The van der Waals surface area contributed by atoms with Gasteiger partial charge < -0.3 is 4.89 Å². The average molecular weight is 352 g/mol. The van der Waals surface area contributed by atoms with Crippen LogP contribution in [0.2, 0.25) is 0 Å². The highest BCUT2D eigenvalue weighted by Gasteiger charge is 2.32. The summed E-state index contributed by atoms with van der Waals surface area (Å²) >= 11 is 0. The molecule has 0 aromatic heterocycles. The average Bonchev–Trinajstić information content (AvgIpc) is 2.68. The highest BCUT2D eigenvalue weighted by atomic mass is 31.2. The van der Waals surface area contributed by atoms with Gasteiger partial charge in [-0.05, 0) is 17.7 Å². The van der Waals surface area contributed by atoms with E-state index in [-0.39, 0.29) is 11.1 Å². The van der Waals surface area contributed by atoms with Crippen LogP contribution in [0.1, 0.15) is 22.0 Å². The van der Waals surface area contributed by atoms with Crippen LogP contribution in [0.15, 0.2) is 91.0 Å². The van der Waals surface area contributed by atoms with Crippen molar-refractivity contribution in [3.8, 4) is 0 Å². The van der Waals surface area contributed by atoms with Crippen molar-refractivity contribution in [2.45, 2.75) is 6.10 Å². The number of carbonyl (C=O) groups is 1. The van der Waals surface area contributed by atoms with Crippen molar-refractivity contribution in [2.75, 3.05) is 0 Å². The Morgan fingerprint density at radius 2 is 1.28 bits per heavy atom. The van der Waals surface area contributed by atoms with Crippen LogP contribution in [0.4, 0.5) is 0 Å². The Morgan fingerprint density at radius 1 is 0.800 bits per heavy atom. The molecule has 126 valence electrons. The third kappa shape index (κ3) is 4.12. The second-order valence-corrected chi connectivity index (χ2v) is 7.25. The van der Waals surface area contributed by atoms with E-state index in [2.05, 4.69) is 0 Å². The molecule has 3 aromatic rings. The van der Waals surface area contributed by atoms with Crippen LogP contribution in [0.25, 0.3) is 0 Å². The molecule has 0 spiro atoms. The number of Topliss-reactive ketones (excluding diaryl/α,β-unsaturated/α-hetero) is 1. The van der Waals surface area contributed by atoms with Crippen LogP contribution in [-0.4, -0.2) is 10.7 Å².